The van der Waals surface area contributed by atoms with Gasteiger partial charge in [-0.2, -0.15) is 0 Å². The highest BCUT2D eigenvalue weighted by Crippen LogP contribution is 2.31. The van der Waals surface area contributed by atoms with Crippen molar-refractivity contribution in [1.29, 1.82) is 0 Å². The molecule has 2 aromatic carbocycles. The Kier molecular flexibility index (Phi) is 5.76. The van der Waals surface area contributed by atoms with Gasteiger partial charge in [-0.3, -0.25) is 9.69 Å². The van der Waals surface area contributed by atoms with Crippen molar-refractivity contribution >= 4 is 17.3 Å². The third-order valence-electron chi connectivity index (χ3n) is 6.33. The standard InChI is InChI=1S/C24H32N4O/c1-17(2)27-12-14-28(15-13-27)21-9-6-18(7-10-21)24(29)26-23-5-3-4-19-16-20(25)8-11-22(19)23/h6-11,16-17,23H,3-5,12-15,25H2,1-2H3,(H,26,29). The number of carbonyl (C=O) groups excluding carboxylic acids is 1. The van der Waals surface area contributed by atoms with Crippen LogP contribution in [0.1, 0.15) is 54.2 Å². The van der Waals surface area contributed by atoms with Gasteiger partial charge in [-0.05, 0) is 80.6 Å². The van der Waals surface area contributed by atoms with Crippen LogP contribution in [0.5, 0.6) is 0 Å². The van der Waals surface area contributed by atoms with E-state index in [9.17, 15) is 4.79 Å². The maximum absolute atomic E-state index is 12.8. The van der Waals surface area contributed by atoms with Crippen LogP contribution in [0.2, 0.25) is 0 Å². The molecule has 1 saturated heterocycles. The van der Waals surface area contributed by atoms with Crippen molar-refractivity contribution in [3.05, 3.63) is 59.2 Å². The molecule has 1 aliphatic carbocycles. The van der Waals surface area contributed by atoms with E-state index in [0.29, 0.717) is 6.04 Å². The van der Waals surface area contributed by atoms with E-state index in [1.54, 1.807) is 0 Å². The zero-order valence-corrected chi connectivity index (χ0v) is 17.5. The number of amides is 1. The molecule has 3 N–H and O–H groups in total. The molecule has 0 radical (unpaired) electrons. The summed E-state index contributed by atoms with van der Waals surface area (Å²) in [6.07, 6.45) is 3.08. The van der Waals surface area contributed by atoms with Gasteiger partial charge in [0, 0.05) is 49.2 Å². The molecule has 1 heterocycles. The highest BCUT2D eigenvalue weighted by atomic mass is 16.1. The van der Waals surface area contributed by atoms with Crippen LogP contribution in [0.25, 0.3) is 0 Å². The summed E-state index contributed by atoms with van der Waals surface area (Å²) >= 11 is 0. The van der Waals surface area contributed by atoms with Gasteiger partial charge in [-0.25, -0.2) is 0 Å². The predicted molar refractivity (Wildman–Crippen MR) is 119 cm³/mol. The number of fused-ring (bicyclic) bond motifs is 1. The first-order chi connectivity index (χ1) is 14.0. The molecule has 0 saturated carbocycles. The van der Waals surface area contributed by atoms with Crippen molar-refractivity contribution in [1.82, 2.24) is 10.2 Å². The molecular weight excluding hydrogens is 360 g/mol. The van der Waals surface area contributed by atoms with Crippen molar-refractivity contribution in [2.75, 3.05) is 36.8 Å². The summed E-state index contributed by atoms with van der Waals surface area (Å²) in [6, 6.07) is 14.8. The zero-order chi connectivity index (χ0) is 20.4. The van der Waals surface area contributed by atoms with E-state index >= 15 is 0 Å². The highest BCUT2D eigenvalue weighted by Gasteiger charge is 2.23. The first-order valence-electron chi connectivity index (χ1n) is 10.8. The summed E-state index contributed by atoms with van der Waals surface area (Å²) in [5.41, 5.74) is 11.1. The van der Waals surface area contributed by atoms with E-state index in [4.69, 9.17) is 5.73 Å². The van der Waals surface area contributed by atoms with E-state index in [1.807, 2.05) is 24.3 Å². The molecule has 1 amide bonds. The number of carbonyl (C=O) groups is 1. The van der Waals surface area contributed by atoms with Gasteiger partial charge in [-0.1, -0.05) is 6.07 Å². The van der Waals surface area contributed by atoms with Gasteiger partial charge < -0.3 is 16.0 Å². The number of nitrogens with two attached hydrogens (primary N) is 1. The van der Waals surface area contributed by atoms with Gasteiger partial charge >= 0.3 is 0 Å². The molecule has 2 aromatic rings. The van der Waals surface area contributed by atoms with Crippen molar-refractivity contribution in [2.24, 2.45) is 0 Å². The van der Waals surface area contributed by atoms with Crippen molar-refractivity contribution in [3.8, 4) is 0 Å². The molecule has 2 aliphatic rings. The second-order valence-electron chi connectivity index (χ2n) is 8.54. The van der Waals surface area contributed by atoms with Crippen LogP contribution in [0, 0.1) is 0 Å². The lowest BCUT2D eigenvalue weighted by Gasteiger charge is -2.38. The SMILES string of the molecule is CC(C)N1CCN(c2ccc(C(=O)NC3CCCc4cc(N)ccc43)cc2)CC1. The van der Waals surface area contributed by atoms with Crippen molar-refractivity contribution < 1.29 is 4.79 Å². The third-order valence-corrected chi connectivity index (χ3v) is 6.33. The Morgan fingerprint density at radius 3 is 2.48 bits per heavy atom. The topological polar surface area (TPSA) is 61.6 Å². The Morgan fingerprint density at radius 1 is 1.07 bits per heavy atom. The number of aryl methyl sites for hydroxylation is 1. The molecule has 1 fully saturated rings. The fraction of sp³-hybridized carbons (Fsp3) is 0.458. The Labute approximate surface area is 173 Å². The molecule has 5 heteroatoms. The molecule has 4 rings (SSSR count). The fourth-order valence-corrected chi connectivity index (χ4v) is 4.55. The number of nitrogens with one attached hydrogen (secondary N) is 1. The number of nitrogens with zero attached hydrogens (tertiary/aromatic N) is 2. The third kappa shape index (κ3) is 4.40. The first-order valence-corrected chi connectivity index (χ1v) is 10.8. The molecule has 1 aliphatic heterocycles. The van der Waals surface area contributed by atoms with Gasteiger partial charge in [0.05, 0.1) is 6.04 Å². The quantitative estimate of drug-likeness (QED) is 0.781. The Hall–Kier alpha value is -2.53. The van der Waals surface area contributed by atoms with Gasteiger partial charge in [0.15, 0.2) is 0 Å². The van der Waals surface area contributed by atoms with Crippen LogP contribution < -0.4 is 16.0 Å². The summed E-state index contributed by atoms with van der Waals surface area (Å²) in [5.74, 6) is -0.00384. The smallest absolute Gasteiger partial charge is 0.251 e. The minimum atomic E-state index is -0.00384. The molecule has 0 bridgehead atoms. The van der Waals surface area contributed by atoms with Gasteiger partial charge in [0.25, 0.3) is 5.91 Å². The maximum Gasteiger partial charge on any atom is 0.251 e. The predicted octanol–water partition coefficient (Wildman–Crippen LogP) is 3.61. The summed E-state index contributed by atoms with van der Waals surface area (Å²) in [4.78, 5) is 17.8. The minimum Gasteiger partial charge on any atom is -0.399 e. The Balaban J connectivity index is 1.39. The second-order valence-corrected chi connectivity index (χ2v) is 8.54. The maximum atomic E-state index is 12.8. The van der Waals surface area contributed by atoms with Crippen LogP contribution in [0.3, 0.4) is 0 Å². The van der Waals surface area contributed by atoms with Crippen LogP contribution in [-0.4, -0.2) is 43.0 Å². The van der Waals surface area contributed by atoms with Crippen molar-refractivity contribution in [3.63, 3.8) is 0 Å². The highest BCUT2D eigenvalue weighted by molar-refractivity contribution is 5.94. The lowest BCUT2D eigenvalue weighted by molar-refractivity contribution is 0.0933. The largest absolute Gasteiger partial charge is 0.399 e. The fourth-order valence-electron chi connectivity index (χ4n) is 4.55. The molecule has 29 heavy (non-hydrogen) atoms. The minimum absolute atomic E-state index is 0.00384. The second kappa shape index (κ2) is 8.46. The van der Waals surface area contributed by atoms with Gasteiger partial charge in [0.2, 0.25) is 0 Å². The molecule has 154 valence electrons. The number of piperazine rings is 1. The summed E-state index contributed by atoms with van der Waals surface area (Å²) < 4.78 is 0. The summed E-state index contributed by atoms with van der Waals surface area (Å²) in [6.45, 7) is 8.75. The van der Waals surface area contributed by atoms with Crippen LogP contribution in [0.15, 0.2) is 42.5 Å². The number of benzene rings is 2. The molecular formula is C24H32N4O. The molecule has 1 unspecified atom stereocenters. The first kappa shape index (κ1) is 19.8. The summed E-state index contributed by atoms with van der Waals surface area (Å²) in [7, 11) is 0. The van der Waals surface area contributed by atoms with Gasteiger partial charge in [0.1, 0.15) is 0 Å². The van der Waals surface area contributed by atoms with E-state index in [0.717, 1.165) is 56.7 Å². The lowest BCUT2D eigenvalue weighted by Crippen LogP contribution is -2.48. The average molecular weight is 393 g/mol. The number of hydrogen-bond acceptors (Lipinski definition) is 4. The monoisotopic (exact) mass is 392 g/mol. The van der Waals surface area contributed by atoms with E-state index in [1.165, 1.54) is 16.8 Å². The lowest BCUT2D eigenvalue weighted by atomic mass is 9.87. The van der Waals surface area contributed by atoms with Crippen LogP contribution in [0.4, 0.5) is 11.4 Å². The molecule has 0 aromatic heterocycles. The van der Waals surface area contributed by atoms with Gasteiger partial charge in [-0.15, -0.1) is 0 Å². The Bertz CT molecular complexity index is 854. The van der Waals surface area contributed by atoms with Crippen LogP contribution in [-0.2, 0) is 6.42 Å². The van der Waals surface area contributed by atoms with Crippen LogP contribution >= 0.6 is 0 Å². The average Bonchev–Trinajstić information content (AvgIpc) is 2.74. The van der Waals surface area contributed by atoms with E-state index < -0.39 is 0 Å². The number of nitrogen functional groups attached to an aromatic ring is 1. The van der Waals surface area contributed by atoms with E-state index in [2.05, 4.69) is 47.2 Å². The van der Waals surface area contributed by atoms with E-state index in [-0.39, 0.29) is 11.9 Å². The number of rotatable bonds is 4. The molecule has 5 nitrogen and oxygen atoms in total. The Morgan fingerprint density at radius 2 is 1.79 bits per heavy atom. The molecule has 1 atom stereocenters. The zero-order valence-electron chi connectivity index (χ0n) is 17.5. The number of hydrogen-bond donors (Lipinski definition) is 2. The van der Waals surface area contributed by atoms with Crippen molar-refractivity contribution in [2.45, 2.75) is 45.2 Å². The molecule has 0 spiro atoms. The normalized spacial score (nSPS) is 19.8. The summed E-state index contributed by atoms with van der Waals surface area (Å²) in [5, 5.41) is 3.23. The number of anilines is 2.